The van der Waals surface area contributed by atoms with E-state index in [0.29, 0.717) is 12.5 Å². The number of carbonyl (C=O) groups is 1. The lowest BCUT2D eigenvalue weighted by Crippen LogP contribution is -2.39. The SMILES string of the molecule is CC(C)[C@H](N)CNC(=O)/C=C/c1ccccc1.Cl. The highest BCUT2D eigenvalue weighted by atomic mass is 35.5. The molecule has 0 aromatic heterocycles. The molecule has 1 aromatic rings. The third kappa shape index (κ3) is 6.42. The van der Waals surface area contributed by atoms with Crippen molar-refractivity contribution in [2.24, 2.45) is 11.7 Å². The third-order valence-electron chi connectivity index (χ3n) is 2.60. The van der Waals surface area contributed by atoms with Crippen molar-refractivity contribution in [2.75, 3.05) is 6.54 Å². The van der Waals surface area contributed by atoms with Gasteiger partial charge in [-0.25, -0.2) is 0 Å². The maximum Gasteiger partial charge on any atom is 0.244 e. The number of nitrogens with two attached hydrogens (primary N) is 1. The van der Waals surface area contributed by atoms with Gasteiger partial charge in [0, 0.05) is 18.7 Å². The Morgan fingerprint density at radius 1 is 1.33 bits per heavy atom. The number of nitrogens with one attached hydrogen (secondary N) is 1. The van der Waals surface area contributed by atoms with Crippen molar-refractivity contribution in [2.45, 2.75) is 19.9 Å². The molecule has 0 aliphatic rings. The highest BCUT2D eigenvalue weighted by Gasteiger charge is 2.07. The summed E-state index contributed by atoms with van der Waals surface area (Å²) in [7, 11) is 0. The van der Waals surface area contributed by atoms with Crippen molar-refractivity contribution >= 4 is 24.4 Å². The molecular weight excluding hydrogens is 248 g/mol. The first-order valence-electron chi connectivity index (χ1n) is 5.86. The molecule has 3 nitrogen and oxygen atoms in total. The van der Waals surface area contributed by atoms with Gasteiger partial charge in [-0.2, -0.15) is 0 Å². The van der Waals surface area contributed by atoms with E-state index in [1.807, 2.05) is 44.2 Å². The molecule has 0 spiro atoms. The molecule has 0 fully saturated rings. The second-order valence-electron chi connectivity index (χ2n) is 4.40. The normalized spacial score (nSPS) is 12.2. The van der Waals surface area contributed by atoms with E-state index in [2.05, 4.69) is 5.32 Å². The number of benzene rings is 1. The van der Waals surface area contributed by atoms with E-state index in [-0.39, 0.29) is 24.4 Å². The third-order valence-corrected chi connectivity index (χ3v) is 2.60. The molecule has 0 saturated carbocycles. The van der Waals surface area contributed by atoms with E-state index in [9.17, 15) is 4.79 Å². The first kappa shape index (κ1) is 16.7. The minimum Gasteiger partial charge on any atom is -0.351 e. The van der Waals surface area contributed by atoms with E-state index < -0.39 is 0 Å². The molecule has 0 aliphatic carbocycles. The monoisotopic (exact) mass is 268 g/mol. The summed E-state index contributed by atoms with van der Waals surface area (Å²) in [5.41, 5.74) is 6.84. The summed E-state index contributed by atoms with van der Waals surface area (Å²) in [4.78, 5) is 11.5. The standard InChI is InChI=1S/C14H20N2O.ClH/c1-11(2)13(15)10-16-14(17)9-8-12-6-4-3-5-7-12;/h3-9,11,13H,10,15H2,1-2H3,(H,16,17);1H/b9-8+;/t13-;/m1./s1. The number of hydrogen-bond acceptors (Lipinski definition) is 2. The fourth-order valence-electron chi connectivity index (χ4n) is 1.25. The fraction of sp³-hybridized carbons (Fsp3) is 0.357. The van der Waals surface area contributed by atoms with Crippen LogP contribution < -0.4 is 11.1 Å². The minimum absolute atomic E-state index is 0. The summed E-state index contributed by atoms with van der Waals surface area (Å²) >= 11 is 0. The van der Waals surface area contributed by atoms with Gasteiger partial charge in [-0.15, -0.1) is 12.4 Å². The van der Waals surface area contributed by atoms with Crippen LogP contribution in [0.1, 0.15) is 19.4 Å². The van der Waals surface area contributed by atoms with Gasteiger partial charge < -0.3 is 11.1 Å². The van der Waals surface area contributed by atoms with Crippen molar-refractivity contribution in [1.29, 1.82) is 0 Å². The Bertz CT molecular complexity index is 377. The van der Waals surface area contributed by atoms with E-state index in [1.165, 1.54) is 6.08 Å². The largest absolute Gasteiger partial charge is 0.351 e. The molecule has 0 bridgehead atoms. The maximum atomic E-state index is 11.5. The van der Waals surface area contributed by atoms with Gasteiger partial charge in [-0.1, -0.05) is 44.2 Å². The van der Waals surface area contributed by atoms with Gasteiger partial charge in [-0.3, -0.25) is 4.79 Å². The van der Waals surface area contributed by atoms with Gasteiger partial charge in [0.2, 0.25) is 5.91 Å². The molecule has 100 valence electrons. The molecule has 18 heavy (non-hydrogen) atoms. The van der Waals surface area contributed by atoms with E-state index in [4.69, 9.17) is 5.73 Å². The first-order chi connectivity index (χ1) is 8.09. The van der Waals surface area contributed by atoms with Crippen LogP contribution in [-0.4, -0.2) is 18.5 Å². The predicted molar refractivity (Wildman–Crippen MR) is 78.5 cm³/mol. The highest BCUT2D eigenvalue weighted by molar-refractivity contribution is 5.91. The summed E-state index contributed by atoms with van der Waals surface area (Å²) in [6, 6.07) is 9.72. The van der Waals surface area contributed by atoms with Crippen LogP contribution in [0.25, 0.3) is 6.08 Å². The Labute approximate surface area is 115 Å². The molecule has 3 N–H and O–H groups in total. The number of rotatable bonds is 5. The minimum atomic E-state index is -0.107. The van der Waals surface area contributed by atoms with Gasteiger partial charge in [0.1, 0.15) is 0 Å². The Morgan fingerprint density at radius 3 is 2.50 bits per heavy atom. The molecule has 1 amide bonds. The molecule has 0 aliphatic heterocycles. The Balaban J connectivity index is 0.00000289. The van der Waals surface area contributed by atoms with Gasteiger partial charge >= 0.3 is 0 Å². The molecular formula is C14H21ClN2O. The zero-order valence-corrected chi connectivity index (χ0v) is 11.6. The first-order valence-corrected chi connectivity index (χ1v) is 5.86. The summed E-state index contributed by atoms with van der Waals surface area (Å²) < 4.78 is 0. The van der Waals surface area contributed by atoms with Crippen LogP contribution in [-0.2, 0) is 4.79 Å². The second-order valence-corrected chi connectivity index (χ2v) is 4.40. The average Bonchev–Trinajstić information content (AvgIpc) is 2.34. The fourth-order valence-corrected chi connectivity index (χ4v) is 1.25. The lowest BCUT2D eigenvalue weighted by molar-refractivity contribution is -0.116. The molecule has 0 heterocycles. The molecule has 1 aromatic carbocycles. The van der Waals surface area contributed by atoms with Crippen molar-refractivity contribution in [3.63, 3.8) is 0 Å². The molecule has 0 radical (unpaired) electrons. The van der Waals surface area contributed by atoms with Crippen LogP contribution in [0, 0.1) is 5.92 Å². The van der Waals surface area contributed by atoms with E-state index >= 15 is 0 Å². The summed E-state index contributed by atoms with van der Waals surface area (Å²) in [6.07, 6.45) is 3.32. The van der Waals surface area contributed by atoms with Gasteiger partial charge in [-0.05, 0) is 17.6 Å². The number of halogens is 1. The van der Waals surface area contributed by atoms with Crippen molar-refractivity contribution in [3.8, 4) is 0 Å². The van der Waals surface area contributed by atoms with E-state index in [1.54, 1.807) is 6.08 Å². The summed E-state index contributed by atoms with van der Waals surface area (Å²) in [5, 5.41) is 2.78. The predicted octanol–water partition coefficient (Wildman–Crippen LogP) is 2.22. The Morgan fingerprint density at radius 2 is 1.94 bits per heavy atom. The quantitative estimate of drug-likeness (QED) is 0.805. The van der Waals surface area contributed by atoms with Crippen LogP contribution in [0.2, 0.25) is 0 Å². The molecule has 1 rings (SSSR count). The molecule has 0 unspecified atom stereocenters. The van der Waals surface area contributed by atoms with Crippen molar-refractivity contribution < 1.29 is 4.79 Å². The lowest BCUT2D eigenvalue weighted by atomic mass is 10.1. The smallest absolute Gasteiger partial charge is 0.244 e. The van der Waals surface area contributed by atoms with Gasteiger partial charge in [0.05, 0.1) is 0 Å². The van der Waals surface area contributed by atoms with Gasteiger partial charge in [0.25, 0.3) is 0 Å². The van der Waals surface area contributed by atoms with Gasteiger partial charge in [0.15, 0.2) is 0 Å². The zero-order chi connectivity index (χ0) is 12.7. The summed E-state index contributed by atoms with van der Waals surface area (Å²) in [6.45, 7) is 4.59. The number of carbonyl (C=O) groups excluding carboxylic acids is 1. The van der Waals surface area contributed by atoms with Crippen LogP contribution in [0.3, 0.4) is 0 Å². The zero-order valence-electron chi connectivity index (χ0n) is 10.8. The van der Waals surface area contributed by atoms with Crippen LogP contribution in [0.5, 0.6) is 0 Å². The number of amides is 1. The Hall–Kier alpha value is -1.32. The Kier molecular flexibility index (Phi) is 8.08. The lowest BCUT2D eigenvalue weighted by Gasteiger charge is -2.15. The van der Waals surface area contributed by atoms with E-state index in [0.717, 1.165) is 5.56 Å². The van der Waals surface area contributed by atoms with Crippen LogP contribution in [0.4, 0.5) is 0 Å². The molecule has 1 atom stereocenters. The van der Waals surface area contributed by atoms with Crippen molar-refractivity contribution in [1.82, 2.24) is 5.32 Å². The van der Waals surface area contributed by atoms with Crippen LogP contribution in [0.15, 0.2) is 36.4 Å². The molecule has 4 heteroatoms. The molecule has 0 saturated heterocycles. The number of hydrogen-bond donors (Lipinski definition) is 2. The average molecular weight is 269 g/mol. The van der Waals surface area contributed by atoms with Crippen molar-refractivity contribution in [3.05, 3.63) is 42.0 Å². The highest BCUT2D eigenvalue weighted by Crippen LogP contribution is 2.00. The van der Waals surface area contributed by atoms with Crippen LogP contribution >= 0.6 is 12.4 Å². The topological polar surface area (TPSA) is 55.1 Å². The second kappa shape index (κ2) is 8.72. The summed E-state index contributed by atoms with van der Waals surface area (Å²) in [5.74, 6) is 0.262. The maximum absolute atomic E-state index is 11.5.